The Morgan fingerprint density at radius 2 is 1.67 bits per heavy atom. The number of aliphatic hydroxyl groups is 3. The van der Waals surface area contributed by atoms with Crippen molar-refractivity contribution in [1.82, 2.24) is 4.90 Å². The molecule has 16 heteroatoms. The molecule has 3 fully saturated rings. The number of aldehydes is 1. The van der Waals surface area contributed by atoms with Crippen molar-refractivity contribution in [2.75, 3.05) is 21.2 Å². The number of carbonyl (C=O) groups excluding carboxylic acids is 4. The first-order valence-corrected chi connectivity index (χ1v) is 20.4. The third kappa shape index (κ3) is 12.1. The summed E-state index contributed by atoms with van der Waals surface area (Å²) in [6, 6.07) is -0.765. The summed E-state index contributed by atoms with van der Waals surface area (Å²) in [4.78, 5) is 53.3. The van der Waals surface area contributed by atoms with Crippen LogP contribution in [0.5, 0.6) is 0 Å². The van der Waals surface area contributed by atoms with Gasteiger partial charge in [0.15, 0.2) is 18.7 Å². The molecule has 4 aliphatic heterocycles. The Bertz CT molecular complexity index is 1380. The first kappa shape index (κ1) is 47.3. The van der Waals surface area contributed by atoms with Crippen LogP contribution < -0.4 is 0 Å². The number of methoxy groups -OCH3 is 1. The van der Waals surface area contributed by atoms with Crippen LogP contribution in [0.15, 0.2) is 12.2 Å². The van der Waals surface area contributed by atoms with Crippen molar-refractivity contribution in [3.8, 4) is 0 Å². The van der Waals surface area contributed by atoms with E-state index in [1.165, 1.54) is 7.11 Å². The van der Waals surface area contributed by atoms with Crippen molar-refractivity contribution in [1.29, 1.82) is 0 Å². The molecule has 326 valence electrons. The molecule has 1 unspecified atom stereocenters. The Morgan fingerprint density at radius 3 is 2.26 bits per heavy atom. The fourth-order valence-corrected chi connectivity index (χ4v) is 8.60. The highest BCUT2D eigenvalue weighted by atomic mass is 16.7. The molecule has 0 aliphatic carbocycles. The van der Waals surface area contributed by atoms with Crippen LogP contribution >= 0.6 is 0 Å². The van der Waals surface area contributed by atoms with E-state index in [1.54, 1.807) is 72.7 Å². The molecule has 0 bridgehead atoms. The number of hydrogen-bond donors (Lipinski definition) is 3. The second-order valence-electron chi connectivity index (χ2n) is 16.7. The Balaban J connectivity index is 1.66. The SMILES string of the molecule is CCC(=O)O[C@H]1[C@H](C)O[C@@H](O[C@H]2[C@H](N(C)C)[C@@H](O)[C@H](O[C@H]3C(CC=O)C[C@@H](C)[C@@H](O)/C=C/[C@@H]4O[C@H]4C[C@@H](C)OC(=O)C[C@@H](C(=O)CC)[C@@H]3OC)O[C@@H]2C)C[C@@]1(C)O. The number of fused-ring (bicyclic) bond motifs is 1. The number of likely N-dealkylation sites (N-methyl/N-ethyl adjacent to an activating group) is 1. The van der Waals surface area contributed by atoms with Crippen LogP contribution in [0.1, 0.15) is 93.4 Å². The molecule has 3 N–H and O–H groups in total. The monoisotopic (exact) mass is 813 g/mol. The van der Waals surface area contributed by atoms with Gasteiger partial charge in [0, 0.05) is 39.2 Å². The fourth-order valence-electron chi connectivity index (χ4n) is 8.60. The van der Waals surface area contributed by atoms with Gasteiger partial charge in [0.25, 0.3) is 0 Å². The quantitative estimate of drug-likeness (QED) is 0.112. The van der Waals surface area contributed by atoms with Crippen LogP contribution in [0.25, 0.3) is 0 Å². The highest BCUT2D eigenvalue weighted by molar-refractivity contribution is 5.85. The standard InChI is InChI=1S/C41H67NO15/c1-11-27(44)26-19-32(47)51-22(4)18-30-29(54-30)14-13-28(45)21(3)17-25(15-16-43)37(38(26)50-10)57-40-35(48)34(42(8)9)36(23(5)53-40)56-33-20-41(7,49)39(24(6)52-33)55-31(46)12-2/h13-14,16,21-26,28-30,33-40,45,48-49H,11-12,15,17-20H2,1-10H3/b14-13+/t21-,22-,23-,24+,25?,26+,28+,29+,30+,33+,34-,35-,36-,37+,38+,39+,40+,41-/m1/s1. The predicted molar refractivity (Wildman–Crippen MR) is 203 cm³/mol. The van der Waals surface area contributed by atoms with E-state index in [0.717, 1.165) is 6.29 Å². The smallest absolute Gasteiger partial charge is 0.306 e. The zero-order valence-electron chi connectivity index (χ0n) is 35.2. The molecule has 18 atom stereocenters. The molecule has 4 heterocycles. The van der Waals surface area contributed by atoms with E-state index in [-0.39, 0.29) is 56.5 Å². The molecular weight excluding hydrogens is 746 g/mol. The van der Waals surface area contributed by atoms with Crippen LogP contribution in [0.4, 0.5) is 0 Å². The molecule has 0 saturated carbocycles. The molecule has 0 amide bonds. The summed E-state index contributed by atoms with van der Waals surface area (Å²) in [6.07, 6.45) is -6.22. The summed E-state index contributed by atoms with van der Waals surface area (Å²) < 4.78 is 48.6. The third-order valence-electron chi connectivity index (χ3n) is 11.8. The van der Waals surface area contributed by atoms with Crippen molar-refractivity contribution in [2.24, 2.45) is 17.8 Å². The average molecular weight is 814 g/mol. The Labute approximate surface area is 336 Å². The summed E-state index contributed by atoms with van der Waals surface area (Å²) >= 11 is 0. The van der Waals surface area contributed by atoms with Crippen molar-refractivity contribution in [2.45, 2.75) is 185 Å². The van der Waals surface area contributed by atoms with Gasteiger partial charge >= 0.3 is 11.9 Å². The molecule has 0 radical (unpaired) electrons. The summed E-state index contributed by atoms with van der Waals surface area (Å²) in [7, 11) is 4.91. The van der Waals surface area contributed by atoms with Crippen LogP contribution in [0, 0.1) is 17.8 Å². The van der Waals surface area contributed by atoms with E-state index in [2.05, 4.69) is 0 Å². The number of nitrogens with zero attached hydrogens (tertiary/aromatic N) is 1. The van der Waals surface area contributed by atoms with Gasteiger partial charge in [-0.3, -0.25) is 14.4 Å². The number of carbonyl (C=O) groups is 4. The number of Topliss-reactive ketones (excluding diaryl/α,β-unsaturated/α-hetero) is 1. The molecule has 0 aromatic rings. The number of aliphatic hydroxyl groups excluding tert-OH is 2. The first-order chi connectivity index (χ1) is 26.8. The van der Waals surface area contributed by atoms with Crippen molar-refractivity contribution >= 4 is 24.0 Å². The fraction of sp³-hybridized carbons (Fsp3) is 0.854. The molecule has 3 saturated heterocycles. The highest BCUT2D eigenvalue weighted by Gasteiger charge is 2.53. The molecule has 4 rings (SSSR count). The maximum absolute atomic E-state index is 13.7. The Hall–Kier alpha value is -2.38. The van der Waals surface area contributed by atoms with Gasteiger partial charge in [-0.15, -0.1) is 0 Å². The molecule has 57 heavy (non-hydrogen) atoms. The normalized spacial score (nSPS) is 44.0. The van der Waals surface area contributed by atoms with E-state index in [9.17, 15) is 34.5 Å². The average Bonchev–Trinajstić information content (AvgIpc) is 3.88. The van der Waals surface area contributed by atoms with Crippen LogP contribution in [-0.2, 0) is 57.1 Å². The number of ketones is 1. The van der Waals surface area contributed by atoms with Crippen molar-refractivity contribution in [3.63, 3.8) is 0 Å². The zero-order chi connectivity index (χ0) is 42.4. The van der Waals surface area contributed by atoms with E-state index >= 15 is 0 Å². The van der Waals surface area contributed by atoms with Crippen molar-refractivity contribution < 1.29 is 72.4 Å². The summed E-state index contributed by atoms with van der Waals surface area (Å²) in [5.41, 5.74) is -1.48. The number of cyclic esters (lactones) is 1. The summed E-state index contributed by atoms with van der Waals surface area (Å²) in [5.74, 6) is -3.46. The summed E-state index contributed by atoms with van der Waals surface area (Å²) in [5, 5.41) is 34.6. The second kappa shape index (κ2) is 20.7. The number of esters is 2. The molecule has 0 spiro atoms. The van der Waals surface area contributed by atoms with Gasteiger partial charge in [0.2, 0.25) is 0 Å². The Morgan fingerprint density at radius 1 is 0.965 bits per heavy atom. The molecular formula is C41H67NO15. The predicted octanol–water partition coefficient (Wildman–Crippen LogP) is 2.25. The van der Waals surface area contributed by atoms with Crippen LogP contribution in [0.2, 0.25) is 0 Å². The molecule has 16 nitrogen and oxygen atoms in total. The van der Waals surface area contributed by atoms with E-state index in [0.29, 0.717) is 6.42 Å². The third-order valence-corrected chi connectivity index (χ3v) is 11.8. The van der Waals surface area contributed by atoms with Gasteiger partial charge in [-0.2, -0.15) is 0 Å². The second-order valence-corrected chi connectivity index (χ2v) is 16.7. The maximum atomic E-state index is 13.7. The molecule has 4 aliphatic rings. The first-order valence-electron chi connectivity index (χ1n) is 20.4. The summed E-state index contributed by atoms with van der Waals surface area (Å²) in [6.45, 7) is 11.9. The lowest BCUT2D eigenvalue weighted by atomic mass is 9.79. The maximum Gasteiger partial charge on any atom is 0.306 e. The Kier molecular flexibility index (Phi) is 17.2. The van der Waals surface area contributed by atoms with Gasteiger partial charge in [0.1, 0.15) is 42.1 Å². The van der Waals surface area contributed by atoms with Gasteiger partial charge in [0.05, 0.1) is 55.0 Å². The lowest BCUT2D eigenvalue weighted by Gasteiger charge is -2.50. The van der Waals surface area contributed by atoms with Crippen molar-refractivity contribution in [3.05, 3.63) is 12.2 Å². The van der Waals surface area contributed by atoms with Gasteiger partial charge in [-0.25, -0.2) is 0 Å². The lowest BCUT2D eigenvalue weighted by molar-refractivity contribution is -0.343. The van der Waals surface area contributed by atoms with E-state index in [4.69, 9.17) is 37.9 Å². The highest BCUT2D eigenvalue weighted by Crippen LogP contribution is 2.39. The number of rotatable bonds is 12. The van der Waals surface area contributed by atoms with Gasteiger partial charge in [-0.05, 0) is 60.0 Å². The van der Waals surface area contributed by atoms with Crippen LogP contribution in [0.3, 0.4) is 0 Å². The van der Waals surface area contributed by atoms with Gasteiger partial charge in [-0.1, -0.05) is 32.9 Å². The number of epoxide rings is 1. The number of ether oxygens (including phenoxy) is 8. The number of hydrogen-bond acceptors (Lipinski definition) is 16. The van der Waals surface area contributed by atoms with Gasteiger partial charge < -0.3 is 62.9 Å². The van der Waals surface area contributed by atoms with E-state index < -0.39 is 109 Å². The minimum absolute atomic E-state index is 0.0368. The lowest BCUT2D eigenvalue weighted by Crippen LogP contribution is -2.66. The van der Waals surface area contributed by atoms with E-state index in [1.807, 2.05) is 6.92 Å². The molecule has 0 aromatic heterocycles. The zero-order valence-corrected chi connectivity index (χ0v) is 35.2. The topological polar surface area (TPSA) is 209 Å². The van der Waals surface area contributed by atoms with Crippen LogP contribution in [-0.4, -0.2) is 157 Å². The minimum atomic E-state index is -1.48. The largest absolute Gasteiger partial charge is 0.463 e. The molecule has 0 aromatic carbocycles. The minimum Gasteiger partial charge on any atom is -0.463 e.